The summed E-state index contributed by atoms with van der Waals surface area (Å²) in [5.74, 6) is 1.17. The number of nitrogens with zero attached hydrogens (tertiary/aromatic N) is 3. The first kappa shape index (κ1) is 22.0. The molecule has 1 N–H and O–H groups in total. The summed E-state index contributed by atoms with van der Waals surface area (Å²) >= 11 is 2.80. The molecule has 29 heavy (non-hydrogen) atoms. The van der Waals surface area contributed by atoms with Gasteiger partial charge >= 0.3 is 0 Å². The molecule has 3 rings (SSSR count). The van der Waals surface area contributed by atoms with Crippen LogP contribution < -0.4 is 10.1 Å². The van der Waals surface area contributed by atoms with Crippen molar-refractivity contribution in [1.82, 2.24) is 14.5 Å². The first-order chi connectivity index (χ1) is 13.8. The number of rotatable bonds is 7. The van der Waals surface area contributed by atoms with E-state index in [1.165, 1.54) is 52.7 Å². The summed E-state index contributed by atoms with van der Waals surface area (Å²) in [5.41, 5.74) is 0.138. The molecule has 1 aliphatic heterocycles. The monoisotopic (exact) mass is 456 g/mol. The normalized spacial score (nSPS) is 16.0. The summed E-state index contributed by atoms with van der Waals surface area (Å²) in [7, 11) is -2.24. The van der Waals surface area contributed by atoms with Crippen LogP contribution in [0.1, 0.15) is 37.0 Å². The number of hydrogen-bond acceptors (Lipinski definition) is 8. The number of sulfonamides is 1. The number of aromatic nitrogens is 2. The van der Waals surface area contributed by atoms with E-state index in [9.17, 15) is 13.2 Å². The van der Waals surface area contributed by atoms with Gasteiger partial charge in [0.05, 0.1) is 17.6 Å². The summed E-state index contributed by atoms with van der Waals surface area (Å²) in [6.07, 6.45) is 1.66. The lowest BCUT2D eigenvalue weighted by molar-refractivity contribution is 0.102. The van der Waals surface area contributed by atoms with Crippen LogP contribution in [0.25, 0.3) is 0 Å². The van der Waals surface area contributed by atoms with Crippen molar-refractivity contribution in [2.45, 2.75) is 35.9 Å². The zero-order valence-electron chi connectivity index (χ0n) is 16.5. The van der Waals surface area contributed by atoms with Gasteiger partial charge in [-0.2, -0.15) is 4.31 Å². The molecule has 8 nitrogen and oxygen atoms in total. The fourth-order valence-corrected chi connectivity index (χ4v) is 6.15. The number of carbonyl (C=O) groups excluding carboxylic acids is 1. The van der Waals surface area contributed by atoms with Crippen molar-refractivity contribution in [2.24, 2.45) is 5.92 Å². The molecule has 2 heterocycles. The maximum absolute atomic E-state index is 13.0. The Morgan fingerprint density at radius 3 is 2.72 bits per heavy atom. The molecule has 1 amide bonds. The average molecular weight is 457 g/mol. The van der Waals surface area contributed by atoms with Crippen molar-refractivity contribution >= 4 is 44.2 Å². The molecule has 158 valence electrons. The number of piperidine rings is 1. The van der Waals surface area contributed by atoms with Crippen LogP contribution in [0, 0.1) is 5.92 Å². The zero-order valence-corrected chi connectivity index (χ0v) is 19.0. The molecule has 1 aromatic carbocycles. The third-order valence-corrected chi connectivity index (χ3v) is 8.44. The van der Waals surface area contributed by atoms with Crippen LogP contribution in [0.5, 0.6) is 5.75 Å². The first-order valence-corrected chi connectivity index (χ1v) is 12.5. The Labute approximate surface area is 179 Å². The number of carbonyl (C=O) groups is 1. The van der Waals surface area contributed by atoms with Crippen molar-refractivity contribution in [1.29, 1.82) is 0 Å². The highest BCUT2D eigenvalue weighted by Crippen LogP contribution is 2.29. The minimum absolute atomic E-state index is 0.0810. The lowest BCUT2D eigenvalue weighted by Gasteiger charge is -2.29. The van der Waals surface area contributed by atoms with Crippen LogP contribution in [-0.4, -0.2) is 54.8 Å². The van der Waals surface area contributed by atoms with Gasteiger partial charge in [0.25, 0.3) is 5.91 Å². The van der Waals surface area contributed by atoms with E-state index >= 15 is 0 Å². The molecule has 0 spiro atoms. The van der Waals surface area contributed by atoms with Crippen LogP contribution in [0.2, 0.25) is 0 Å². The molecule has 1 aromatic heterocycles. The second-order valence-corrected chi connectivity index (χ2v) is 11.1. The first-order valence-electron chi connectivity index (χ1n) is 9.31. The van der Waals surface area contributed by atoms with Crippen molar-refractivity contribution in [2.75, 3.05) is 31.3 Å². The van der Waals surface area contributed by atoms with Gasteiger partial charge in [0, 0.05) is 13.1 Å². The minimum atomic E-state index is -3.67. The van der Waals surface area contributed by atoms with E-state index in [-0.39, 0.29) is 10.5 Å². The second-order valence-electron chi connectivity index (χ2n) is 6.71. The van der Waals surface area contributed by atoms with Crippen LogP contribution in [0.3, 0.4) is 0 Å². The highest BCUT2D eigenvalue weighted by atomic mass is 32.2. The van der Waals surface area contributed by atoms with Gasteiger partial charge in [0.1, 0.15) is 5.75 Å². The molecule has 1 aliphatic rings. The second kappa shape index (κ2) is 9.41. The van der Waals surface area contributed by atoms with Crippen molar-refractivity contribution < 1.29 is 17.9 Å². The summed E-state index contributed by atoms with van der Waals surface area (Å²) in [5, 5.41) is 11.0. The zero-order chi connectivity index (χ0) is 21.0. The maximum Gasteiger partial charge on any atom is 0.261 e. The van der Waals surface area contributed by atoms with Crippen LogP contribution in [0.15, 0.2) is 27.4 Å². The van der Waals surface area contributed by atoms with Gasteiger partial charge in [-0.05, 0) is 42.7 Å². The number of ether oxygens (including phenoxy) is 1. The number of hydrogen-bond donors (Lipinski definition) is 1. The quantitative estimate of drug-likeness (QED) is 0.504. The van der Waals surface area contributed by atoms with E-state index in [4.69, 9.17) is 4.74 Å². The van der Waals surface area contributed by atoms with Crippen molar-refractivity contribution in [3.63, 3.8) is 0 Å². The molecule has 0 aliphatic carbocycles. The lowest BCUT2D eigenvalue weighted by atomic mass is 10.0. The number of thioether (sulfide) groups is 1. The molecular weight excluding hydrogens is 432 g/mol. The largest absolute Gasteiger partial charge is 0.496 e. The van der Waals surface area contributed by atoms with E-state index < -0.39 is 15.9 Å². The number of anilines is 1. The summed E-state index contributed by atoms with van der Waals surface area (Å²) in [6.45, 7) is 5.10. The molecule has 1 fully saturated rings. The fourth-order valence-electron chi connectivity index (χ4n) is 3.01. The van der Waals surface area contributed by atoms with Gasteiger partial charge in [-0.1, -0.05) is 36.9 Å². The van der Waals surface area contributed by atoms with E-state index in [0.29, 0.717) is 29.9 Å². The van der Waals surface area contributed by atoms with Crippen LogP contribution in [0.4, 0.5) is 5.13 Å². The SMILES string of the molecule is CCSc1nnc(NC(=O)c2cc(S(=O)(=O)N3CCC(C)CC3)ccc2OC)s1. The Morgan fingerprint density at radius 1 is 1.34 bits per heavy atom. The standard InChI is InChI=1S/C18H24N4O4S3/c1-4-27-18-21-20-17(28-18)19-16(23)14-11-13(5-6-15(14)26-3)29(24,25)22-9-7-12(2)8-10-22/h5-6,11-12H,4,7-10H2,1-3H3,(H,19,20,23). The molecule has 11 heteroatoms. The Kier molecular flexibility index (Phi) is 7.14. The topological polar surface area (TPSA) is 101 Å². The van der Waals surface area contributed by atoms with Gasteiger partial charge in [-0.25, -0.2) is 8.42 Å². The minimum Gasteiger partial charge on any atom is -0.496 e. The van der Waals surface area contributed by atoms with E-state index in [0.717, 1.165) is 22.9 Å². The molecule has 0 saturated carbocycles. The number of benzene rings is 1. The fraction of sp³-hybridized carbons (Fsp3) is 0.500. The molecule has 0 atom stereocenters. The molecule has 2 aromatic rings. The summed E-state index contributed by atoms with van der Waals surface area (Å²) < 4.78 is 33.6. The van der Waals surface area contributed by atoms with Gasteiger partial charge in [0.15, 0.2) is 4.34 Å². The molecule has 0 unspecified atom stereocenters. The Balaban J connectivity index is 1.85. The van der Waals surface area contributed by atoms with E-state index in [1.54, 1.807) is 0 Å². The molecule has 1 saturated heterocycles. The van der Waals surface area contributed by atoms with Crippen LogP contribution >= 0.6 is 23.1 Å². The van der Waals surface area contributed by atoms with Gasteiger partial charge in [0.2, 0.25) is 15.2 Å². The molecule has 0 radical (unpaired) electrons. The van der Waals surface area contributed by atoms with Crippen molar-refractivity contribution in [3.05, 3.63) is 23.8 Å². The number of methoxy groups -OCH3 is 1. The number of amides is 1. The summed E-state index contributed by atoms with van der Waals surface area (Å²) in [4.78, 5) is 12.9. The predicted molar refractivity (Wildman–Crippen MR) is 114 cm³/mol. The maximum atomic E-state index is 13.0. The third-order valence-electron chi connectivity index (χ3n) is 4.69. The lowest BCUT2D eigenvalue weighted by Crippen LogP contribution is -2.37. The average Bonchev–Trinajstić information content (AvgIpc) is 3.15. The van der Waals surface area contributed by atoms with E-state index in [2.05, 4.69) is 22.4 Å². The number of nitrogens with one attached hydrogen (secondary N) is 1. The third kappa shape index (κ3) is 5.08. The van der Waals surface area contributed by atoms with Gasteiger partial charge < -0.3 is 4.74 Å². The highest BCUT2D eigenvalue weighted by molar-refractivity contribution is 8.01. The predicted octanol–water partition coefficient (Wildman–Crippen LogP) is 3.33. The molecule has 0 bridgehead atoms. The van der Waals surface area contributed by atoms with Gasteiger partial charge in [-0.15, -0.1) is 10.2 Å². The van der Waals surface area contributed by atoms with Crippen molar-refractivity contribution in [3.8, 4) is 5.75 Å². The van der Waals surface area contributed by atoms with E-state index in [1.807, 2.05) is 6.92 Å². The smallest absolute Gasteiger partial charge is 0.261 e. The Bertz CT molecular complexity index is 969. The molecular formula is C18H24N4O4S3. The highest BCUT2D eigenvalue weighted by Gasteiger charge is 2.29. The van der Waals surface area contributed by atoms with Gasteiger partial charge in [-0.3, -0.25) is 10.1 Å². The Morgan fingerprint density at radius 2 is 2.07 bits per heavy atom. The summed E-state index contributed by atoms with van der Waals surface area (Å²) in [6, 6.07) is 4.35. The van der Waals surface area contributed by atoms with Crippen LogP contribution in [-0.2, 0) is 10.0 Å². The Hall–Kier alpha value is -1.69.